The summed E-state index contributed by atoms with van der Waals surface area (Å²) in [5.74, 6) is 0. The molecule has 0 spiro atoms. The van der Waals surface area contributed by atoms with Gasteiger partial charge in [-0.25, -0.2) is 8.42 Å². The van der Waals surface area contributed by atoms with E-state index in [-0.39, 0.29) is 11.4 Å². The van der Waals surface area contributed by atoms with Crippen LogP contribution in [0.1, 0.15) is 0 Å². The first kappa shape index (κ1) is 24.9. The predicted molar refractivity (Wildman–Crippen MR) is 140 cm³/mol. The fourth-order valence-electron chi connectivity index (χ4n) is 3.45. The Kier molecular flexibility index (Phi) is 6.63. The van der Waals surface area contributed by atoms with Crippen molar-refractivity contribution in [2.45, 2.75) is 9.79 Å². The second-order valence-corrected chi connectivity index (χ2v) is 9.82. The standard InChI is InChI=1S/C24H20N6O6S/c25-15-1-5-17(6-2-15)27-21-11-9-19(13-23(21)29(31)32)37(35,36)20-10-12-22(24(14-20)30(33)34)28-18-7-3-16(26)4-8-18/h1-14,27-28H,25-26H2. The van der Waals surface area contributed by atoms with Crippen molar-refractivity contribution >= 4 is 55.3 Å². The number of rotatable bonds is 8. The molecule has 0 radical (unpaired) electrons. The van der Waals surface area contributed by atoms with Crippen LogP contribution < -0.4 is 22.1 Å². The van der Waals surface area contributed by atoms with E-state index in [0.29, 0.717) is 22.7 Å². The number of nitrogens with zero attached hydrogens (tertiary/aromatic N) is 2. The van der Waals surface area contributed by atoms with Crippen molar-refractivity contribution < 1.29 is 18.3 Å². The summed E-state index contributed by atoms with van der Waals surface area (Å²) in [5.41, 5.74) is 12.5. The summed E-state index contributed by atoms with van der Waals surface area (Å²) in [7, 11) is -4.34. The first-order chi connectivity index (χ1) is 17.5. The quantitative estimate of drug-likeness (QED) is 0.139. The van der Waals surface area contributed by atoms with Crippen molar-refractivity contribution in [3.63, 3.8) is 0 Å². The van der Waals surface area contributed by atoms with Crippen molar-refractivity contribution in [2.24, 2.45) is 0 Å². The van der Waals surface area contributed by atoms with Gasteiger partial charge in [0.05, 0.1) is 19.6 Å². The molecule has 12 nitrogen and oxygen atoms in total. The van der Waals surface area contributed by atoms with Gasteiger partial charge in [-0.15, -0.1) is 0 Å². The first-order valence-electron chi connectivity index (χ1n) is 10.6. The summed E-state index contributed by atoms with van der Waals surface area (Å²) in [6, 6.07) is 19.6. The van der Waals surface area contributed by atoms with Gasteiger partial charge in [-0.05, 0) is 72.8 Å². The van der Waals surface area contributed by atoms with Crippen LogP contribution in [0.15, 0.2) is 94.7 Å². The molecule has 6 N–H and O–H groups in total. The van der Waals surface area contributed by atoms with E-state index < -0.39 is 40.8 Å². The Balaban J connectivity index is 1.70. The minimum absolute atomic E-state index is 0.0581. The van der Waals surface area contributed by atoms with Gasteiger partial charge in [0.1, 0.15) is 11.4 Å². The molecule has 13 heteroatoms. The van der Waals surface area contributed by atoms with Crippen LogP contribution in [-0.4, -0.2) is 18.3 Å². The Morgan fingerprint density at radius 1 is 0.595 bits per heavy atom. The first-order valence-corrected chi connectivity index (χ1v) is 12.1. The second kappa shape index (κ2) is 9.83. The lowest BCUT2D eigenvalue weighted by atomic mass is 10.2. The van der Waals surface area contributed by atoms with Crippen LogP contribution in [0.4, 0.5) is 45.5 Å². The molecule has 0 aliphatic carbocycles. The zero-order valence-corrected chi connectivity index (χ0v) is 19.8. The second-order valence-electron chi connectivity index (χ2n) is 7.87. The van der Waals surface area contributed by atoms with Crippen LogP contribution >= 0.6 is 0 Å². The van der Waals surface area contributed by atoms with E-state index in [2.05, 4.69) is 10.6 Å². The number of anilines is 6. The highest BCUT2D eigenvalue weighted by Crippen LogP contribution is 2.35. The van der Waals surface area contributed by atoms with Gasteiger partial charge >= 0.3 is 0 Å². The highest BCUT2D eigenvalue weighted by atomic mass is 32.2. The fourth-order valence-corrected chi connectivity index (χ4v) is 4.75. The highest BCUT2D eigenvalue weighted by molar-refractivity contribution is 7.91. The Morgan fingerprint density at radius 3 is 1.27 bits per heavy atom. The van der Waals surface area contributed by atoms with Gasteiger partial charge in [-0.3, -0.25) is 20.2 Å². The van der Waals surface area contributed by atoms with Crippen LogP contribution in [0.5, 0.6) is 0 Å². The molecule has 0 unspecified atom stereocenters. The van der Waals surface area contributed by atoms with Gasteiger partial charge in [0, 0.05) is 34.9 Å². The minimum Gasteiger partial charge on any atom is -0.399 e. The van der Waals surface area contributed by atoms with Gasteiger partial charge in [0.2, 0.25) is 9.84 Å². The maximum absolute atomic E-state index is 13.3. The Morgan fingerprint density at radius 2 is 0.946 bits per heavy atom. The average molecular weight is 521 g/mol. The van der Waals surface area contributed by atoms with E-state index in [1.807, 2.05) is 0 Å². The molecule has 4 aromatic carbocycles. The fraction of sp³-hybridized carbons (Fsp3) is 0. The molecule has 4 aromatic rings. The number of hydrogen-bond acceptors (Lipinski definition) is 10. The van der Waals surface area contributed by atoms with Gasteiger partial charge in [-0.2, -0.15) is 0 Å². The number of nitrogens with one attached hydrogen (secondary N) is 2. The molecule has 4 rings (SSSR count). The highest BCUT2D eigenvalue weighted by Gasteiger charge is 2.26. The van der Waals surface area contributed by atoms with Crippen molar-refractivity contribution in [3.8, 4) is 0 Å². The molecule has 188 valence electrons. The van der Waals surface area contributed by atoms with Crippen LogP contribution in [0, 0.1) is 20.2 Å². The number of nitrogens with two attached hydrogens (primary N) is 2. The third-order valence-corrected chi connectivity index (χ3v) is 7.08. The van der Waals surface area contributed by atoms with Crippen LogP contribution in [0.2, 0.25) is 0 Å². The predicted octanol–water partition coefficient (Wildman–Crippen LogP) is 4.99. The van der Waals surface area contributed by atoms with Gasteiger partial charge in [0.25, 0.3) is 11.4 Å². The molecule has 0 saturated heterocycles. The number of hydrogen-bond donors (Lipinski definition) is 4. The van der Waals surface area contributed by atoms with E-state index in [9.17, 15) is 28.6 Å². The van der Waals surface area contributed by atoms with E-state index in [4.69, 9.17) is 11.5 Å². The lowest BCUT2D eigenvalue weighted by Crippen LogP contribution is -2.06. The topological polar surface area (TPSA) is 197 Å². The number of nitro benzene ring substituents is 2. The molecule has 0 amide bonds. The molecule has 0 bridgehead atoms. The van der Waals surface area contributed by atoms with Crippen LogP contribution in [0.3, 0.4) is 0 Å². The van der Waals surface area contributed by atoms with Crippen LogP contribution in [-0.2, 0) is 9.84 Å². The number of nitrogen functional groups attached to an aromatic ring is 2. The van der Waals surface area contributed by atoms with Crippen LogP contribution in [0.25, 0.3) is 0 Å². The molecule has 0 aliphatic heterocycles. The minimum atomic E-state index is -4.34. The van der Waals surface area contributed by atoms with E-state index in [0.717, 1.165) is 12.1 Å². The zero-order chi connectivity index (χ0) is 26.7. The summed E-state index contributed by atoms with van der Waals surface area (Å²) in [5, 5.41) is 29.1. The van der Waals surface area contributed by atoms with E-state index in [1.54, 1.807) is 48.5 Å². The SMILES string of the molecule is Nc1ccc(Nc2ccc(S(=O)(=O)c3ccc(Nc4ccc(N)cc4)c([N+](=O)[O-])c3)cc2[N+](=O)[O-])cc1. The summed E-state index contributed by atoms with van der Waals surface area (Å²) < 4.78 is 26.6. The summed E-state index contributed by atoms with van der Waals surface area (Å²) in [6.07, 6.45) is 0. The van der Waals surface area contributed by atoms with Gasteiger partial charge < -0.3 is 22.1 Å². The molecule has 0 aliphatic rings. The summed E-state index contributed by atoms with van der Waals surface area (Å²) >= 11 is 0. The monoisotopic (exact) mass is 520 g/mol. The average Bonchev–Trinajstić information content (AvgIpc) is 2.86. The van der Waals surface area contributed by atoms with Crippen molar-refractivity contribution in [1.82, 2.24) is 0 Å². The van der Waals surface area contributed by atoms with Gasteiger partial charge in [0.15, 0.2) is 0 Å². The molecular weight excluding hydrogens is 500 g/mol. The zero-order valence-electron chi connectivity index (χ0n) is 19.0. The molecule has 0 atom stereocenters. The number of nitro groups is 2. The summed E-state index contributed by atoms with van der Waals surface area (Å²) in [6.45, 7) is 0. The molecule has 0 aromatic heterocycles. The maximum atomic E-state index is 13.3. The molecule has 0 heterocycles. The number of sulfone groups is 1. The largest absolute Gasteiger partial charge is 0.399 e. The maximum Gasteiger partial charge on any atom is 0.293 e. The van der Waals surface area contributed by atoms with Crippen molar-refractivity contribution in [3.05, 3.63) is 105 Å². The van der Waals surface area contributed by atoms with Crippen molar-refractivity contribution in [2.75, 3.05) is 22.1 Å². The lowest BCUT2D eigenvalue weighted by Gasteiger charge is -2.11. The Hall–Kier alpha value is -5.17. The molecule has 37 heavy (non-hydrogen) atoms. The smallest absolute Gasteiger partial charge is 0.293 e. The Bertz CT molecular complexity index is 1490. The summed E-state index contributed by atoms with van der Waals surface area (Å²) in [4.78, 5) is 21.2. The van der Waals surface area contributed by atoms with E-state index >= 15 is 0 Å². The normalized spacial score (nSPS) is 11.0. The number of benzene rings is 4. The third kappa shape index (κ3) is 5.41. The third-order valence-electron chi connectivity index (χ3n) is 5.33. The Labute approximate surface area is 210 Å². The molecule has 0 fully saturated rings. The molecular formula is C24H20N6O6S. The lowest BCUT2D eigenvalue weighted by molar-refractivity contribution is -0.384. The van der Waals surface area contributed by atoms with Crippen molar-refractivity contribution in [1.29, 1.82) is 0 Å². The molecule has 0 saturated carbocycles. The van der Waals surface area contributed by atoms with E-state index in [1.165, 1.54) is 24.3 Å². The van der Waals surface area contributed by atoms with Gasteiger partial charge in [-0.1, -0.05) is 0 Å².